The number of carbonyl (C=O) groups is 2. The topological polar surface area (TPSA) is 79.5 Å². The Labute approximate surface area is 193 Å². The fourth-order valence-corrected chi connectivity index (χ4v) is 4.18. The first-order chi connectivity index (χ1) is 16.1. The van der Waals surface area contributed by atoms with Crippen molar-refractivity contribution in [2.75, 3.05) is 19.6 Å². The molecule has 0 radical (unpaired) electrons. The highest BCUT2D eigenvalue weighted by Gasteiger charge is 2.38. The summed E-state index contributed by atoms with van der Waals surface area (Å²) in [5.74, 6) is 0.317. The van der Waals surface area contributed by atoms with E-state index in [2.05, 4.69) is 22.8 Å². The van der Waals surface area contributed by atoms with Crippen molar-refractivity contribution in [1.82, 2.24) is 19.9 Å². The molecule has 3 heterocycles. The van der Waals surface area contributed by atoms with Crippen molar-refractivity contribution in [1.29, 1.82) is 0 Å². The predicted octanol–water partition coefficient (Wildman–Crippen LogP) is 3.77. The number of rotatable bonds is 8. The quantitative estimate of drug-likeness (QED) is 0.494. The van der Waals surface area contributed by atoms with Gasteiger partial charge in [0.1, 0.15) is 11.8 Å². The summed E-state index contributed by atoms with van der Waals surface area (Å²) in [7, 11) is 0. The molecule has 7 heteroatoms. The Morgan fingerprint density at radius 2 is 2.06 bits per heavy atom. The number of pyridine rings is 1. The number of benzene rings is 1. The average Bonchev–Trinajstić information content (AvgIpc) is 3.31. The second-order valence-electron chi connectivity index (χ2n) is 8.16. The van der Waals surface area contributed by atoms with Gasteiger partial charge in [-0.05, 0) is 29.2 Å². The Morgan fingerprint density at radius 1 is 1.21 bits per heavy atom. The zero-order valence-electron chi connectivity index (χ0n) is 18.8. The van der Waals surface area contributed by atoms with E-state index in [9.17, 15) is 9.59 Å². The zero-order chi connectivity index (χ0) is 23.2. The molecular weight excluding hydrogens is 416 g/mol. The van der Waals surface area contributed by atoms with Crippen LogP contribution in [0.4, 0.5) is 0 Å². The van der Waals surface area contributed by atoms with Crippen molar-refractivity contribution in [2.45, 2.75) is 32.2 Å². The molecular formula is C26H28N4O3. The third-order valence-corrected chi connectivity index (χ3v) is 5.82. The van der Waals surface area contributed by atoms with Gasteiger partial charge >= 0.3 is 0 Å². The minimum absolute atomic E-state index is 0.0847. The van der Waals surface area contributed by atoms with Gasteiger partial charge in [-0.25, -0.2) is 0 Å². The molecule has 170 valence electrons. The van der Waals surface area contributed by atoms with E-state index in [4.69, 9.17) is 4.52 Å². The lowest BCUT2D eigenvalue weighted by Crippen LogP contribution is -2.59. The molecule has 0 saturated carbocycles. The molecule has 1 saturated heterocycles. The molecule has 0 unspecified atom stereocenters. The molecule has 2 aromatic heterocycles. The summed E-state index contributed by atoms with van der Waals surface area (Å²) in [5, 5.41) is 3.97. The maximum Gasteiger partial charge on any atom is 0.276 e. The highest BCUT2D eigenvalue weighted by atomic mass is 16.5. The van der Waals surface area contributed by atoms with Crippen LogP contribution in [0.2, 0.25) is 0 Å². The molecule has 1 aliphatic rings. The molecule has 2 amide bonds. The van der Waals surface area contributed by atoms with Crippen LogP contribution in [0.25, 0.3) is 11.1 Å². The molecule has 0 N–H and O–H groups in total. The van der Waals surface area contributed by atoms with Crippen molar-refractivity contribution in [2.24, 2.45) is 0 Å². The van der Waals surface area contributed by atoms with Crippen LogP contribution in [0, 0.1) is 0 Å². The van der Waals surface area contributed by atoms with Gasteiger partial charge in [0.2, 0.25) is 5.91 Å². The van der Waals surface area contributed by atoms with E-state index in [1.165, 1.54) is 0 Å². The van der Waals surface area contributed by atoms with Crippen LogP contribution < -0.4 is 0 Å². The Morgan fingerprint density at radius 3 is 2.82 bits per heavy atom. The molecule has 1 aromatic carbocycles. The fourth-order valence-electron chi connectivity index (χ4n) is 4.18. The summed E-state index contributed by atoms with van der Waals surface area (Å²) >= 11 is 0. The SMILES string of the molecule is C=CCN1CCN(C(=O)c2cc(CCC)on2)[C@@H](Cc2cccc(-c3cccnc3)c2)C1=O. The third kappa shape index (κ3) is 5.03. The number of carbonyl (C=O) groups excluding carboxylic acids is 2. The summed E-state index contributed by atoms with van der Waals surface area (Å²) in [6.45, 7) is 7.15. The van der Waals surface area contributed by atoms with E-state index in [1.54, 1.807) is 28.1 Å². The molecule has 1 atom stereocenters. The lowest BCUT2D eigenvalue weighted by molar-refractivity contribution is -0.139. The molecule has 1 aliphatic heterocycles. The summed E-state index contributed by atoms with van der Waals surface area (Å²) in [5.41, 5.74) is 3.24. The summed E-state index contributed by atoms with van der Waals surface area (Å²) < 4.78 is 5.31. The predicted molar refractivity (Wildman–Crippen MR) is 125 cm³/mol. The van der Waals surface area contributed by atoms with Gasteiger partial charge in [0.25, 0.3) is 5.91 Å². The fraction of sp³-hybridized carbons (Fsp3) is 0.308. The maximum atomic E-state index is 13.4. The first-order valence-corrected chi connectivity index (χ1v) is 11.3. The van der Waals surface area contributed by atoms with Crippen LogP contribution in [-0.4, -0.2) is 57.4 Å². The monoisotopic (exact) mass is 444 g/mol. The van der Waals surface area contributed by atoms with Gasteiger partial charge in [-0.2, -0.15) is 0 Å². The van der Waals surface area contributed by atoms with Gasteiger partial charge in [-0.3, -0.25) is 14.6 Å². The van der Waals surface area contributed by atoms with E-state index in [0.29, 0.717) is 31.8 Å². The maximum absolute atomic E-state index is 13.4. The Hall–Kier alpha value is -3.74. The minimum atomic E-state index is -0.623. The second kappa shape index (κ2) is 10.3. The van der Waals surface area contributed by atoms with Crippen LogP contribution in [0.5, 0.6) is 0 Å². The van der Waals surface area contributed by atoms with Crippen molar-refractivity contribution in [3.63, 3.8) is 0 Å². The number of aromatic nitrogens is 2. The summed E-state index contributed by atoms with van der Waals surface area (Å²) in [4.78, 5) is 34.3. The van der Waals surface area contributed by atoms with Crippen LogP contribution in [0.1, 0.15) is 35.2 Å². The van der Waals surface area contributed by atoms with Crippen molar-refractivity contribution in [3.05, 3.63) is 84.5 Å². The highest BCUT2D eigenvalue weighted by molar-refractivity contribution is 5.97. The molecule has 4 rings (SSSR count). The second-order valence-corrected chi connectivity index (χ2v) is 8.16. The Kier molecular flexibility index (Phi) is 6.98. The molecule has 7 nitrogen and oxygen atoms in total. The molecule has 1 fully saturated rings. The van der Waals surface area contributed by atoms with Crippen LogP contribution in [-0.2, 0) is 17.6 Å². The van der Waals surface area contributed by atoms with E-state index >= 15 is 0 Å². The number of aryl methyl sites for hydroxylation is 1. The Bertz CT molecular complexity index is 1130. The van der Waals surface area contributed by atoms with Crippen molar-refractivity contribution < 1.29 is 14.1 Å². The Balaban J connectivity index is 1.61. The molecule has 3 aromatic rings. The van der Waals surface area contributed by atoms with Gasteiger partial charge in [0, 0.05) is 50.9 Å². The van der Waals surface area contributed by atoms with Crippen molar-refractivity contribution in [3.8, 4) is 11.1 Å². The summed E-state index contributed by atoms with van der Waals surface area (Å²) in [6, 6.07) is 13.0. The number of piperazine rings is 1. The number of amides is 2. The van der Waals surface area contributed by atoms with Crippen LogP contribution in [0.3, 0.4) is 0 Å². The normalized spacial score (nSPS) is 16.2. The lowest BCUT2D eigenvalue weighted by Gasteiger charge is -2.40. The number of nitrogens with zero attached hydrogens (tertiary/aromatic N) is 4. The number of hydrogen-bond acceptors (Lipinski definition) is 5. The lowest BCUT2D eigenvalue weighted by atomic mass is 9.97. The highest BCUT2D eigenvalue weighted by Crippen LogP contribution is 2.23. The van der Waals surface area contributed by atoms with E-state index in [0.717, 1.165) is 29.5 Å². The largest absolute Gasteiger partial charge is 0.361 e. The number of hydrogen-bond donors (Lipinski definition) is 0. The van der Waals surface area contributed by atoms with Gasteiger partial charge in [0.05, 0.1) is 0 Å². The van der Waals surface area contributed by atoms with E-state index in [-0.39, 0.29) is 17.5 Å². The van der Waals surface area contributed by atoms with Crippen molar-refractivity contribution >= 4 is 11.8 Å². The third-order valence-electron chi connectivity index (χ3n) is 5.82. The van der Waals surface area contributed by atoms with Gasteiger partial charge in [-0.1, -0.05) is 48.5 Å². The van der Waals surface area contributed by atoms with Gasteiger partial charge < -0.3 is 14.3 Å². The first kappa shape index (κ1) is 22.5. The smallest absolute Gasteiger partial charge is 0.276 e. The molecule has 0 spiro atoms. The van der Waals surface area contributed by atoms with Crippen LogP contribution in [0.15, 0.2) is 72.0 Å². The first-order valence-electron chi connectivity index (χ1n) is 11.3. The summed E-state index contributed by atoms with van der Waals surface area (Å²) in [6.07, 6.45) is 7.29. The van der Waals surface area contributed by atoms with Gasteiger partial charge in [0.15, 0.2) is 5.69 Å². The van der Waals surface area contributed by atoms with E-state index in [1.807, 2.05) is 43.5 Å². The standard InChI is InChI=1S/C26H28N4O3/c1-3-7-22-17-23(28-33-22)25(31)30-14-13-29(12-4-2)26(32)24(30)16-19-8-5-9-20(15-19)21-10-6-11-27-18-21/h4-6,8-11,15,17-18,24H,2-3,7,12-14,16H2,1H3/t24-/m0/s1. The average molecular weight is 445 g/mol. The van der Waals surface area contributed by atoms with E-state index < -0.39 is 6.04 Å². The molecule has 0 bridgehead atoms. The minimum Gasteiger partial charge on any atom is -0.361 e. The zero-order valence-corrected chi connectivity index (χ0v) is 18.8. The molecule has 0 aliphatic carbocycles. The molecule has 33 heavy (non-hydrogen) atoms. The van der Waals surface area contributed by atoms with Crippen LogP contribution >= 0.6 is 0 Å². The van der Waals surface area contributed by atoms with Gasteiger partial charge in [-0.15, -0.1) is 6.58 Å².